The molecule has 10 heteroatoms. The first-order chi connectivity index (χ1) is 13.3. The highest BCUT2D eigenvalue weighted by Gasteiger charge is 2.11. The molecular weight excluding hydrogens is 388 g/mol. The van der Waals surface area contributed by atoms with E-state index in [2.05, 4.69) is 5.84 Å². The molecule has 0 aliphatic rings. The van der Waals surface area contributed by atoms with Crippen LogP contribution in [0.5, 0.6) is 23.0 Å². The largest absolute Gasteiger partial charge is 0.497 e. The highest BCUT2D eigenvalue weighted by Crippen LogP contribution is 2.38. The van der Waals surface area contributed by atoms with E-state index in [1.54, 1.807) is 28.4 Å². The second-order valence-electron chi connectivity index (χ2n) is 5.16. The minimum absolute atomic E-state index is 0.589. The Morgan fingerprint density at radius 2 is 1.32 bits per heavy atom. The fourth-order valence-electron chi connectivity index (χ4n) is 2.11. The van der Waals surface area contributed by atoms with Gasteiger partial charge >= 0.3 is 10.3 Å². The number of hydrogen-bond acceptors (Lipinski definition) is 7. The second-order valence-corrected chi connectivity index (χ2v) is 6.34. The average molecular weight is 412 g/mol. The van der Waals surface area contributed by atoms with Crippen LogP contribution in [0.1, 0.15) is 11.1 Å². The van der Waals surface area contributed by atoms with Gasteiger partial charge in [-0.05, 0) is 35.4 Å². The zero-order chi connectivity index (χ0) is 21.2. The maximum Gasteiger partial charge on any atom is 0.346 e. The lowest BCUT2D eigenvalue weighted by molar-refractivity contribution is 0.324. The van der Waals surface area contributed by atoms with Crippen LogP contribution in [0, 0.1) is 0 Å². The first-order valence-corrected chi connectivity index (χ1v) is 9.29. The van der Waals surface area contributed by atoms with Gasteiger partial charge in [-0.2, -0.15) is 8.42 Å². The number of nitrogens with one attached hydrogen (secondary N) is 1. The molecule has 0 aromatic heterocycles. The van der Waals surface area contributed by atoms with Crippen molar-refractivity contribution >= 4 is 22.5 Å². The molecule has 154 valence electrons. The summed E-state index contributed by atoms with van der Waals surface area (Å²) in [6, 6.07) is 11.6. The Hall–Kier alpha value is -2.79. The van der Waals surface area contributed by atoms with Gasteiger partial charge in [0.1, 0.15) is 5.75 Å². The molecule has 0 atom stereocenters. The van der Waals surface area contributed by atoms with Crippen LogP contribution in [0.25, 0.3) is 12.2 Å². The maximum atomic E-state index is 9.32. The summed E-state index contributed by atoms with van der Waals surface area (Å²) < 4.78 is 47.4. The summed E-state index contributed by atoms with van der Waals surface area (Å²) in [4.78, 5) is 1.13. The first kappa shape index (κ1) is 23.2. The molecule has 0 radical (unpaired) electrons. The van der Waals surface area contributed by atoms with Crippen molar-refractivity contribution in [1.82, 2.24) is 4.83 Å². The molecule has 0 saturated carbocycles. The van der Waals surface area contributed by atoms with Crippen LogP contribution < -0.4 is 29.6 Å². The third-order valence-corrected chi connectivity index (χ3v) is 3.72. The molecule has 28 heavy (non-hydrogen) atoms. The highest BCUT2D eigenvalue weighted by molar-refractivity contribution is 7.83. The Balaban J connectivity index is 0.000000568. The van der Waals surface area contributed by atoms with Crippen molar-refractivity contribution in [3.63, 3.8) is 0 Å². The number of hydrazine groups is 1. The predicted octanol–water partition coefficient (Wildman–Crippen LogP) is 2.14. The highest BCUT2D eigenvalue weighted by atomic mass is 32.2. The second kappa shape index (κ2) is 11.1. The smallest absolute Gasteiger partial charge is 0.346 e. The van der Waals surface area contributed by atoms with Crippen molar-refractivity contribution in [3.05, 3.63) is 47.5 Å². The van der Waals surface area contributed by atoms with Gasteiger partial charge in [-0.25, -0.2) is 0 Å². The molecule has 2 rings (SSSR count). The number of hydrogen-bond donors (Lipinski definition) is 3. The Morgan fingerprint density at radius 1 is 0.857 bits per heavy atom. The summed E-state index contributed by atoms with van der Waals surface area (Å²) >= 11 is 0. The molecule has 0 spiro atoms. The topological polar surface area (TPSA) is 129 Å². The molecule has 0 heterocycles. The van der Waals surface area contributed by atoms with Crippen LogP contribution in [0.15, 0.2) is 36.4 Å². The van der Waals surface area contributed by atoms with Crippen LogP contribution in [0.4, 0.5) is 0 Å². The minimum Gasteiger partial charge on any atom is -0.497 e. The van der Waals surface area contributed by atoms with Crippen LogP contribution >= 0.6 is 0 Å². The standard InChI is InChI=1S/C18H20O4.H4N2O3S/c1-19-15-9-7-13(8-10-15)5-6-14-11-16(20-2)18(22-4)17(12-14)21-3;1-2-6(3,4)5/h5-12H,1-4H3;2H,1H2,(H,3,4,5)/b6-5-;. The van der Waals surface area contributed by atoms with Gasteiger partial charge in [0.05, 0.1) is 28.4 Å². The molecule has 0 aliphatic carbocycles. The van der Waals surface area contributed by atoms with Crippen LogP contribution in [0.2, 0.25) is 0 Å². The number of nitrogens with two attached hydrogens (primary N) is 1. The lowest BCUT2D eigenvalue weighted by Crippen LogP contribution is -2.29. The van der Waals surface area contributed by atoms with E-state index in [4.69, 9.17) is 23.5 Å². The van der Waals surface area contributed by atoms with Crippen molar-refractivity contribution in [2.45, 2.75) is 0 Å². The third-order valence-electron chi connectivity index (χ3n) is 3.42. The van der Waals surface area contributed by atoms with Crippen molar-refractivity contribution in [3.8, 4) is 23.0 Å². The average Bonchev–Trinajstić information content (AvgIpc) is 2.71. The van der Waals surface area contributed by atoms with Gasteiger partial charge < -0.3 is 18.9 Å². The van der Waals surface area contributed by atoms with E-state index in [-0.39, 0.29) is 0 Å². The van der Waals surface area contributed by atoms with Crippen molar-refractivity contribution in [1.29, 1.82) is 0 Å². The molecule has 4 N–H and O–H groups in total. The summed E-state index contributed by atoms with van der Waals surface area (Å²) in [5.74, 6) is 6.92. The number of benzene rings is 2. The van der Waals surface area contributed by atoms with Gasteiger partial charge in [0.2, 0.25) is 5.75 Å². The summed E-state index contributed by atoms with van der Waals surface area (Å²) in [7, 11) is 2.32. The monoisotopic (exact) mass is 412 g/mol. The van der Waals surface area contributed by atoms with Gasteiger partial charge in [0, 0.05) is 0 Å². The summed E-state index contributed by atoms with van der Waals surface area (Å²) in [5, 5.41) is 0. The van der Waals surface area contributed by atoms with Crippen molar-refractivity contribution < 1.29 is 31.9 Å². The molecule has 2 aromatic carbocycles. The molecule has 0 amide bonds. The van der Waals surface area contributed by atoms with E-state index in [0.717, 1.165) is 21.7 Å². The molecule has 2 aromatic rings. The van der Waals surface area contributed by atoms with Gasteiger partial charge in [0.25, 0.3) is 0 Å². The van der Waals surface area contributed by atoms with E-state index in [9.17, 15) is 8.42 Å². The van der Waals surface area contributed by atoms with Crippen molar-refractivity contribution in [2.75, 3.05) is 28.4 Å². The Morgan fingerprint density at radius 3 is 1.68 bits per heavy atom. The molecule has 0 aliphatic heterocycles. The van der Waals surface area contributed by atoms with Crippen LogP contribution in [0.3, 0.4) is 0 Å². The van der Waals surface area contributed by atoms with Crippen LogP contribution in [-0.2, 0) is 10.3 Å². The van der Waals surface area contributed by atoms with Gasteiger partial charge in [-0.1, -0.05) is 24.3 Å². The molecule has 0 bridgehead atoms. The first-order valence-electron chi connectivity index (χ1n) is 7.84. The third kappa shape index (κ3) is 7.45. The molecule has 0 fully saturated rings. The molecule has 0 unspecified atom stereocenters. The molecule has 0 saturated heterocycles. The predicted molar refractivity (Wildman–Crippen MR) is 107 cm³/mol. The van der Waals surface area contributed by atoms with E-state index in [0.29, 0.717) is 17.2 Å². The minimum atomic E-state index is -4.13. The quantitative estimate of drug-likeness (QED) is 0.273. The molecule has 9 nitrogen and oxygen atoms in total. The van der Waals surface area contributed by atoms with E-state index >= 15 is 0 Å². The zero-order valence-electron chi connectivity index (χ0n) is 16.0. The fraction of sp³-hybridized carbons (Fsp3) is 0.222. The van der Waals surface area contributed by atoms with Gasteiger partial charge in [0.15, 0.2) is 11.5 Å². The Labute approximate surface area is 164 Å². The zero-order valence-corrected chi connectivity index (χ0v) is 16.8. The van der Waals surface area contributed by atoms with Gasteiger partial charge in [-0.3, -0.25) is 10.4 Å². The van der Waals surface area contributed by atoms with E-state index in [1.165, 1.54) is 0 Å². The fourth-order valence-corrected chi connectivity index (χ4v) is 2.11. The number of ether oxygens (including phenoxy) is 4. The number of methoxy groups -OCH3 is 4. The van der Waals surface area contributed by atoms with Gasteiger partial charge in [-0.15, -0.1) is 4.83 Å². The van der Waals surface area contributed by atoms with Crippen molar-refractivity contribution in [2.24, 2.45) is 5.84 Å². The summed E-state index contributed by atoms with van der Waals surface area (Å²) in [6.07, 6.45) is 4.01. The van der Waals surface area contributed by atoms with E-state index < -0.39 is 10.3 Å². The Kier molecular flexibility index (Phi) is 9.25. The maximum absolute atomic E-state index is 9.32. The normalized spacial score (nSPS) is 10.8. The molecular formula is C18H24N2O7S. The lowest BCUT2D eigenvalue weighted by Gasteiger charge is -2.12. The van der Waals surface area contributed by atoms with Crippen LogP contribution in [-0.4, -0.2) is 41.4 Å². The summed E-state index contributed by atoms with van der Waals surface area (Å²) in [5.41, 5.74) is 2.04. The summed E-state index contributed by atoms with van der Waals surface area (Å²) in [6.45, 7) is 0. The van der Waals surface area contributed by atoms with E-state index in [1.807, 2.05) is 48.6 Å². The SMILES string of the molecule is COc1ccc(/C=C\c2cc(OC)c(OC)c(OC)c2)cc1.NNS(=O)(=O)O. The number of rotatable bonds is 7. The Bertz CT molecular complexity index is 856. The lowest BCUT2D eigenvalue weighted by atomic mass is 10.1.